The van der Waals surface area contributed by atoms with Crippen molar-refractivity contribution in [1.82, 2.24) is 9.62 Å². The number of likely N-dealkylation sites (N-methyl/N-ethyl adjacent to an activating group) is 1. The number of amides is 2. The van der Waals surface area contributed by atoms with Crippen molar-refractivity contribution in [3.05, 3.63) is 45.9 Å². The summed E-state index contributed by atoms with van der Waals surface area (Å²) in [5.74, 6) is -0.646. The number of nitrogens with zero attached hydrogens (tertiary/aromatic N) is 1. The van der Waals surface area contributed by atoms with Gasteiger partial charge in [0.2, 0.25) is 10.0 Å². The molecule has 152 valence electrons. The first-order chi connectivity index (χ1) is 13.1. The molecular weight excluding hydrogens is 472 g/mol. The van der Waals surface area contributed by atoms with Gasteiger partial charge in [-0.15, -0.1) is 0 Å². The molecule has 11 heteroatoms. The van der Waals surface area contributed by atoms with Gasteiger partial charge in [-0.05, 0) is 54.3 Å². The summed E-state index contributed by atoms with van der Waals surface area (Å²) in [7, 11) is -0.482. The molecular formula is C17H20BrClN4O4S. The number of halogens is 2. The van der Waals surface area contributed by atoms with Gasteiger partial charge < -0.3 is 20.6 Å². The molecule has 0 saturated heterocycles. The molecule has 2 amide bonds. The van der Waals surface area contributed by atoms with Gasteiger partial charge in [0.25, 0.3) is 0 Å². The number of sulfonamides is 1. The van der Waals surface area contributed by atoms with Gasteiger partial charge in [0.15, 0.2) is 5.75 Å². The van der Waals surface area contributed by atoms with E-state index in [2.05, 4.69) is 31.3 Å². The Bertz CT molecular complexity index is 970. The number of hydrogen-bond donors (Lipinski definition) is 4. The number of phenols is 1. The average molecular weight is 492 g/mol. The highest BCUT2D eigenvalue weighted by atomic mass is 79.9. The number of benzene rings is 2. The van der Waals surface area contributed by atoms with Crippen LogP contribution in [0.15, 0.2) is 45.8 Å². The molecule has 0 aliphatic rings. The van der Waals surface area contributed by atoms with E-state index in [1.807, 2.05) is 0 Å². The minimum absolute atomic E-state index is 0.0954. The van der Waals surface area contributed by atoms with E-state index >= 15 is 0 Å². The van der Waals surface area contributed by atoms with E-state index < -0.39 is 26.7 Å². The van der Waals surface area contributed by atoms with Crippen molar-refractivity contribution in [3.63, 3.8) is 0 Å². The van der Waals surface area contributed by atoms with E-state index in [0.29, 0.717) is 16.7 Å². The van der Waals surface area contributed by atoms with Crippen molar-refractivity contribution < 1.29 is 18.3 Å². The zero-order valence-corrected chi connectivity index (χ0v) is 18.3. The first kappa shape index (κ1) is 22.4. The number of nitrogens with one attached hydrogen (secondary N) is 3. The molecule has 0 heterocycles. The van der Waals surface area contributed by atoms with Gasteiger partial charge in [-0.25, -0.2) is 17.9 Å². The lowest BCUT2D eigenvalue weighted by Crippen LogP contribution is -2.31. The number of aromatic hydroxyl groups is 1. The maximum Gasteiger partial charge on any atom is 0.323 e. The first-order valence-electron chi connectivity index (χ1n) is 8.10. The predicted octanol–water partition coefficient (Wildman–Crippen LogP) is 3.29. The van der Waals surface area contributed by atoms with E-state index in [4.69, 9.17) is 11.6 Å². The number of hydrogen-bond acceptors (Lipinski definition) is 5. The first-order valence-corrected chi connectivity index (χ1v) is 10.8. The summed E-state index contributed by atoms with van der Waals surface area (Å²) in [4.78, 5) is 13.5. The summed E-state index contributed by atoms with van der Waals surface area (Å²) < 4.78 is 28.1. The van der Waals surface area contributed by atoms with Crippen LogP contribution in [-0.2, 0) is 10.0 Å². The zero-order chi connectivity index (χ0) is 20.9. The average Bonchev–Trinajstić information content (AvgIpc) is 2.59. The van der Waals surface area contributed by atoms with E-state index in [1.165, 1.54) is 12.1 Å². The molecule has 28 heavy (non-hydrogen) atoms. The molecule has 0 aliphatic heterocycles. The van der Waals surface area contributed by atoms with Crippen LogP contribution in [0.2, 0.25) is 5.02 Å². The standard InChI is InChI=1S/C17H20BrClN4O4S/c1-23(2)10-9-20-28(26,27)16-12(19)7-8-14(15(16)24)22-17(25)21-13-6-4-3-5-11(13)18/h3-8,20,24H,9-10H2,1-2H3,(H2,21,22,25). The summed E-state index contributed by atoms with van der Waals surface area (Å²) in [6, 6.07) is 8.90. The summed E-state index contributed by atoms with van der Waals surface area (Å²) in [5.41, 5.74) is 0.411. The van der Waals surface area contributed by atoms with Crippen molar-refractivity contribution in [2.45, 2.75) is 4.90 Å². The highest BCUT2D eigenvalue weighted by Crippen LogP contribution is 2.36. The molecule has 0 bridgehead atoms. The Morgan fingerprint density at radius 3 is 2.43 bits per heavy atom. The number of rotatable bonds is 7. The number of para-hydroxylation sites is 1. The largest absolute Gasteiger partial charge is 0.504 e. The molecule has 0 aromatic heterocycles. The molecule has 0 atom stereocenters. The smallest absolute Gasteiger partial charge is 0.323 e. The van der Waals surface area contributed by atoms with E-state index in [1.54, 1.807) is 43.3 Å². The summed E-state index contributed by atoms with van der Waals surface area (Å²) >= 11 is 9.30. The van der Waals surface area contributed by atoms with Gasteiger partial charge in [-0.3, -0.25) is 0 Å². The second kappa shape index (κ2) is 9.57. The lowest BCUT2D eigenvalue weighted by atomic mass is 10.3. The normalized spacial score (nSPS) is 11.5. The third-order valence-electron chi connectivity index (χ3n) is 3.57. The van der Waals surface area contributed by atoms with E-state index in [0.717, 1.165) is 0 Å². The second-order valence-electron chi connectivity index (χ2n) is 6.03. The molecule has 8 nitrogen and oxygen atoms in total. The summed E-state index contributed by atoms with van der Waals surface area (Å²) in [6.07, 6.45) is 0. The molecule has 2 aromatic carbocycles. The maximum atomic E-state index is 12.5. The third kappa shape index (κ3) is 5.82. The fourth-order valence-electron chi connectivity index (χ4n) is 2.22. The number of phenolic OH excluding ortho intramolecular Hbond substituents is 1. The molecule has 2 rings (SSSR count). The monoisotopic (exact) mass is 490 g/mol. The molecule has 0 unspecified atom stereocenters. The Balaban J connectivity index is 2.22. The van der Waals surface area contributed by atoms with Gasteiger partial charge in [-0.1, -0.05) is 23.7 Å². The number of carbonyl (C=O) groups is 1. The lowest BCUT2D eigenvalue weighted by Gasteiger charge is -2.15. The molecule has 4 N–H and O–H groups in total. The lowest BCUT2D eigenvalue weighted by molar-refractivity contribution is 0.262. The van der Waals surface area contributed by atoms with E-state index in [9.17, 15) is 18.3 Å². The fourth-order valence-corrected chi connectivity index (χ4v) is 4.25. The molecule has 0 fully saturated rings. The summed E-state index contributed by atoms with van der Waals surface area (Å²) in [6.45, 7) is 0.592. The summed E-state index contributed by atoms with van der Waals surface area (Å²) in [5, 5.41) is 15.3. The van der Waals surface area contributed by atoms with Gasteiger partial charge in [0.05, 0.1) is 16.4 Å². The SMILES string of the molecule is CN(C)CCNS(=O)(=O)c1c(Cl)ccc(NC(=O)Nc2ccccc2Br)c1O. The van der Waals surface area contributed by atoms with Crippen molar-refractivity contribution in [1.29, 1.82) is 0 Å². The number of urea groups is 1. The van der Waals surface area contributed by atoms with Crippen LogP contribution in [0.5, 0.6) is 5.75 Å². The van der Waals surface area contributed by atoms with Crippen LogP contribution in [0.4, 0.5) is 16.2 Å². The highest BCUT2D eigenvalue weighted by molar-refractivity contribution is 9.10. The Hall–Kier alpha value is -1.85. The van der Waals surface area contributed by atoms with Gasteiger partial charge in [0.1, 0.15) is 4.90 Å². The van der Waals surface area contributed by atoms with Gasteiger partial charge in [-0.2, -0.15) is 0 Å². The zero-order valence-electron chi connectivity index (χ0n) is 15.2. The minimum Gasteiger partial charge on any atom is -0.504 e. The van der Waals surface area contributed by atoms with Crippen LogP contribution in [0.3, 0.4) is 0 Å². The quantitative estimate of drug-likeness (QED) is 0.444. The molecule has 2 aromatic rings. The van der Waals surface area contributed by atoms with Crippen LogP contribution in [0, 0.1) is 0 Å². The van der Waals surface area contributed by atoms with E-state index in [-0.39, 0.29) is 17.3 Å². The molecule has 0 aliphatic carbocycles. The van der Waals surface area contributed by atoms with Crippen molar-refractivity contribution in [3.8, 4) is 5.75 Å². The molecule has 0 saturated carbocycles. The van der Waals surface area contributed by atoms with Crippen LogP contribution < -0.4 is 15.4 Å². The number of carbonyl (C=O) groups excluding carboxylic acids is 1. The predicted molar refractivity (Wildman–Crippen MR) is 114 cm³/mol. The van der Waals surface area contributed by atoms with Crippen molar-refractivity contribution >= 4 is 55.0 Å². The van der Waals surface area contributed by atoms with Crippen LogP contribution in [0.25, 0.3) is 0 Å². The minimum atomic E-state index is -4.08. The molecule has 0 spiro atoms. The third-order valence-corrected chi connectivity index (χ3v) is 6.23. The van der Waals surface area contributed by atoms with Crippen LogP contribution in [-0.4, -0.2) is 51.6 Å². The number of anilines is 2. The topological polar surface area (TPSA) is 111 Å². The highest BCUT2D eigenvalue weighted by Gasteiger charge is 2.25. The van der Waals surface area contributed by atoms with Gasteiger partial charge >= 0.3 is 6.03 Å². The van der Waals surface area contributed by atoms with Crippen LogP contribution >= 0.6 is 27.5 Å². The fraction of sp³-hybridized carbons (Fsp3) is 0.235. The van der Waals surface area contributed by atoms with Crippen molar-refractivity contribution in [2.24, 2.45) is 0 Å². The Morgan fingerprint density at radius 2 is 1.79 bits per heavy atom. The maximum absolute atomic E-state index is 12.5. The van der Waals surface area contributed by atoms with Crippen LogP contribution in [0.1, 0.15) is 0 Å². The van der Waals surface area contributed by atoms with Gasteiger partial charge in [0, 0.05) is 17.6 Å². The Morgan fingerprint density at radius 1 is 1.14 bits per heavy atom. The second-order valence-corrected chi connectivity index (χ2v) is 9.00. The van der Waals surface area contributed by atoms with Crippen molar-refractivity contribution in [2.75, 3.05) is 37.8 Å². The Labute approximate surface area is 177 Å². The molecule has 0 radical (unpaired) electrons. The Kier molecular flexibility index (Phi) is 7.67.